The zero-order valence-corrected chi connectivity index (χ0v) is 13.2. The molecule has 23 heavy (non-hydrogen) atoms. The summed E-state index contributed by atoms with van der Waals surface area (Å²) in [5.41, 5.74) is 2.95. The molecule has 2 bridgehead atoms. The van der Waals surface area contributed by atoms with Gasteiger partial charge in [0.1, 0.15) is 11.6 Å². The van der Waals surface area contributed by atoms with Gasteiger partial charge in [-0.15, -0.1) is 0 Å². The van der Waals surface area contributed by atoms with Crippen LogP contribution < -0.4 is 5.56 Å². The number of rotatable bonds is 2. The number of aromatic nitrogens is 2. The number of benzene rings is 1. The average molecular weight is 313 g/mol. The van der Waals surface area contributed by atoms with Gasteiger partial charge in [-0.3, -0.25) is 9.69 Å². The van der Waals surface area contributed by atoms with E-state index >= 15 is 0 Å². The van der Waals surface area contributed by atoms with E-state index in [1.165, 1.54) is 12.1 Å². The van der Waals surface area contributed by atoms with E-state index in [1.54, 1.807) is 0 Å². The molecular formula is C18H20FN3O. The molecule has 4 nitrogen and oxygen atoms in total. The summed E-state index contributed by atoms with van der Waals surface area (Å²) in [7, 11) is 0. The molecule has 5 heteroatoms. The Labute approximate surface area is 134 Å². The predicted molar refractivity (Wildman–Crippen MR) is 85.8 cm³/mol. The first-order valence-electron chi connectivity index (χ1n) is 8.19. The van der Waals surface area contributed by atoms with Crippen molar-refractivity contribution in [1.29, 1.82) is 0 Å². The van der Waals surface area contributed by atoms with Gasteiger partial charge in [0.05, 0.1) is 5.69 Å². The molecule has 1 fully saturated rings. The van der Waals surface area contributed by atoms with Crippen LogP contribution in [0.5, 0.6) is 0 Å². The normalized spacial score (nSPS) is 23.6. The molecule has 1 N–H and O–H groups in total. The lowest BCUT2D eigenvalue weighted by Crippen LogP contribution is -2.36. The van der Waals surface area contributed by atoms with Crippen LogP contribution in [0.4, 0.5) is 4.39 Å². The standard InChI is InChI=1S/C18H20FN3O/c1-11-20-17-9-15-7-6-14(8-16(17)18(23)21-11)22(15)10-12-2-4-13(19)5-3-12/h2-5,14-15H,6-10H2,1H3,(H,20,21,23)/t14-,15-/m1/s1. The molecular weight excluding hydrogens is 293 g/mol. The highest BCUT2D eigenvalue weighted by molar-refractivity contribution is 5.25. The number of aromatic amines is 1. The Bertz CT molecular complexity index is 784. The lowest BCUT2D eigenvalue weighted by atomic mass is 9.98. The number of hydrogen-bond donors (Lipinski definition) is 1. The predicted octanol–water partition coefficient (Wildman–Crippen LogP) is 2.35. The molecule has 2 aromatic rings. The minimum Gasteiger partial charge on any atom is -0.311 e. The summed E-state index contributed by atoms with van der Waals surface area (Å²) < 4.78 is 13.1. The van der Waals surface area contributed by atoms with Gasteiger partial charge in [-0.05, 0) is 43.9 Å². The maximum atomic E-state index is 13.1. The first-order chi connectivity index (χ1) is 11.1. The van der Waals surface area contributed by atoms with Crippen molar-refractivity contribution < 1.29 is 4.39 Å². The first kappa shape index (κ1) is 14.6. The van der Waals surface area contributed by atoms with E-state index in [-0.39, 0.29) is 11.4 Å². The van der Waals surface area contributed by atoms with Crippen LogP contribution in [0.1, 0.15) is 35.5 Å². The summed E-state index contributed by atoms with van der Waals surface area (Å²) in [6.07, 6.45) is 3.84. The van der Waals surface area contributed by atoms with E-state index in [2.05, 4.69) is 14.9 Å². The highest BCUT2D eigenvalue weighted by Crippen LogP contribution is 2.33. The number of halogens is 1. The third kappa shape index (κ3) is 2.70. The molecule has 1 aromatic carbocycles. The van der Waals surface area contributed by atoms with Gasteiger partial charge >= 0.3 is 0 Å². The molecule has 2 atom stereocenters. The summed E-state index contributed by atoms with van der Waals surface area (Å²) in [5.74, 6) is 0.489. The van der Waals surface area contributed by atoms with Gasteiger partial charge in [-0.25, -0.2) is 9.37 Å². The van der Waals surface area contributed by atoms with Crippen LogP contribution in [0.3, 0.4) is 0 Å². The lowest BCUT2D eigenvalue weighted by Gasteiger charge is -2.27. The van der Waals surface area contributed by atoms with E-state index in [9.17, 15) is 9.18 Å². The molecule has 0 spiro atoms. The topological polar surface area (TPSA) is 49.0 Å². The number of nitrogens with one attached hydrogen (secondary N) is 1. The second kappa shape index (κ2) is 5.57. The van der Waals surface area contributed by atoms with E-state index in [4.69, 9.17) is 0 Å². The van der Waals surface area contributed by atoms with Crippen molar-refractivity contribution in [2.75, 3.05) is 0 Å². The Morgan fingerprint density at radius 2 is 1.91 bits per heavy atom. The zero-order chi connectivity index (χ0) is 16.0. The molecule has 2 aliphatic rings. The van der Waals surface area contributed by atoms with Gasteiger partial charge in [0.15, 0.2) is 0 Å². The minimum atomic E-state index is -0.203. The van der Waals surface area contributed by atoms with Crippen LogP contribution >= 0.6 is 0 Å². The van der Waals surface area contributed by atoms with Gasteiger partial charge in [-0.1, -0.05) is 12.1 Å². The Balaban J connectivity index is 1.64. The summed E-state index contributed by atoms with van der Waals surface area (Å²) in [5, 5.41) is 0. The third-order valence-corrected chi connectivity index (χ3v) is 5.14. The van der Waals surface area contributed by atoms with E-state index < -0.39 is 0 Å². The van der Waals surface area contributed by atoms with Crippen molar-refractivity contribution in [2.45, 2.75) is 51.2 Å². The number of hydrogen-bond acceptors (Lipinski definition) is 3. The number of nitrogens with zero attached hydrogens (tertiary/aromatic N) is 2. The first-order valence-corrected chi connectivity index (χ1v) is 8.19. The Morgan fingerprint density at radius 1 is 1.22 bits per heavy atom. The summed E-state index contributed by atoms with van der Waals surface area (Å²) in [6.45, 7) is 2.64. The van der Waals surface area contributed by atoms with Crippen molar-refractivity contribution in [2.24, 2.45) is 0 Å². The SMILES string of the molecule is Cc1nc2c(c(=O)[nH]1)C[C@H]1CC[C@H](C2)N1Cc1ccc(F)cc1. The van der Waals surface area contributed by atoms with Crippen LogP contribution in [0.25, 0.3) is 0 Å². The van der Waals surface area contributed by atoms with Gasteiger partial charge in [0, 0.05) is 30.6 Å². The molecule has 0 amide bonds. The van der Waals surface area contributed by atoms with E-state index in [0.29, 0.717) is 17.9 Å². The van der Waals surface area contributed by atoms with Crippen LogP contribution in [-0.4, -0.2) is 27.0 Å². The molecule has 1 aromatic heterocycles. The largest absolute Gasteiger partial charge is 0.311 e. The maximum absolute atomic E-state index is 13.1. The van der Waals surface area contributed by atoms with Crippen molar-refractivity contribution >= 4 is 0 Å². The highest BCUT2D eigenvalue weighted by atomic mass is 19.1. The fourth-order valence-corrected chi connectivity index (χ4v) is 4.02. The van der Waals surface area contributed by atoms with Crippen molar-refractivity contribution in [1.82, 2.24) is 14.9 Å². The molecule has 4 rings (SSSR count). The zero-order valence-electron chi connectivity index (χ0n) is 13.2. The molecule has 0 radical (unpaired) electrons. The molecule has 1 saturated heterocycles. The molecule has 0 unspecified atom stereocenters. The number of H-pyrrole nitrogens is 1. The third-order valence-electron chi connectivity index (χ3n) is 5.14. The molecule has 3 heterocycles. The average Bonchev–Trinajstić information content (AvgIpc) is 2.78. The number of fused-ring (bicyclic) bond motifs is 3. The van der Waals surface area contributed by atoms with Crippen LogP contribution in [0, 0.1) is 12.7 Å². The summed E-state index contributed by atoms with van der Waals surface area (Å²) in [4.78, 5) is 22.1. The molecule has 0 saturated carbocycles. The Kier molecular flexibility index (Phi) is 3.53. The smallest absolute Gasteiger partial charge is 0.254 e. The molecule has 2 aliphatic heterocycles. The fraction of sp³-hybridized carbons (Fsp3) is 0.444. The Morgan fingerprint density at radius 3 is 2.65 bits per heavy atom. The maximum Gasteiger partial charge on any atom is 0.254 e. The number of aryl methyl sites for hydroxylation is 1. The van der Waals surface area contributed by atoms with Gasteiger partial charge in [0.25, 0.3) is 5.56 Å². The van der Waals surface area contributed by atoms with Gasteiger partial charge in [-0.2, -0.15) is 0 Å². The van der Waals surface area contributed by atoms with E-state index in [0.717, 1.165) is 49.0 Å². The monoisotopic (exact) mass is 313 g/mol. The van der Waals surface area contributed by atoms with Gasteiger partial charge in [0.2, 0.25) is 0 Å². The Hall–Kier alpha value is -2.01. The molecule has 0 aliphatic carbocycles. The van der Waals surface area contributed by atoms with E-state index in [1.807, 2.05) is 19.1 Å². The van der Waals surface area contributed by atoms with Crippen LogP contribution in [0.2, 0.25) is 0 Å². The van der Waals surface area contributed by atoms with Crippen LogP contribution in [0.15, 0.2) is 29.1 Å². The van der Waals surface area contributed by atoms with Crippen molar-refractivity contribution in [3.05, 3.63) is 63.1 Å². The summed E-state index contributed by atoms with van der Waals surface area (Å²) >= 11 is 0. The van der Waals surface area contributed by atoms with Gasteiger partial charge < -0.3 is 4.98 Å². The quantitative estimate of drug-likeness (QED) is 0.926. The highest BCUT2D eigenvalue weighted by Gasteiger charge is 2.38. The second-order valence-corrected chi connectivity index (χ2v) is 6.67. The fourth-order valence-electron chi connectivity index (χ4n) is 4.02. The lowest BCUT2D eigenvalue weighted by molar-refractivity contribution is 0.187. The van der Waals surface area contributed by atoms with Crippen molar-refractivity contribution in [3.8, 4) is 0 Å². The minimum absolute atomic E-state index is 0.0155. The second-order valence-electron chi connectivity index (χ2n) is 6.67. The summed E-state index contributed by atoms with van der Waals surface area (Å²) in [6, 6.07) is 7.51. The molecule has 120 valence electrons. The van der Waals surface area contributed by atoms with Crippen molar-refractivity contribution in [3.63, 3.8) is 0 Å². The van der Waals surface area contributed by atoms with Crippen LogP contribution in [-0.2, 0) is 19.4 Å².